The quantitative estimate of drug-likeness (QED) is 0.827. The minimum Gasteiger partial charge on any atom is -0.487 e. The smallest absolute Gasteiger partial charge is 0.245 e. The standard InChI is InChI=1S/C19H20N2O4S/c1-20-16-9-5-6-10-18(16)25-15-11-17(19(20)22)21(12-15)26(23,24)13-14-7-3-2-4-8-14/h2-10,15,17H,11-13H2,1H3. The fraction of sp³-hybridized carbons (Fsp3) is 0.316. The van der Waals surface area contributed by atoms with Gasteiger partial charge in [0, 0.05) is 13.5 Å². The normalized spacial score (nSPS) is 23.1. The molecule has 7 heteroatoms. The molecule has 6 nitrogen and oxygen atoms in total. The molecule has 0 radical (unpaired) electrons. The van der Waals surface area contributed by atoms with Crippen LogP contribution in [0.3, 0.4) is 0 Å². The number of sulfonamides is 1. The van der Waals surface area contributed by atoms with E-state index in [9.17, 15) is 13.2 Å². The number of carbonyl (C=O) groups excluding carboxylic acids is 1. The van der Waals surface area contributed by atoms with Crippen LogP contribution in [0.25, 0.3) is 0 Å². The Morgan fingerprint density at radius 1 is 1.08 bits per heavy atom. The van der Waals surface area contributed by atoms with Crippen LogP contribution in [0.4, 0.5) is 5.69 Å². The van der Waals surface area contributed by atoms with Crippen molar-refractivity contribution in [2.75, 3.05) is 18.5 Å². The number of benzene rings is 2. The van der Waals surface area contributed by atoms with Crippen molar-refractivity contribution in [1.82, 2.24) is 4.31 Å². The first-order valence-electron chi connectivity index (χ1n) is 8.52. The van der Waals surface area contributed by atoms with E-state index in [2.05, 4.69) is 0 Å². The Balaban J connectivity index is 1.66. The maximum atomic E-state index is 13.0. The fourth-order valence-electron chi connectivity index (χ4n) is 3.61. The summed E-state index contributed by atoms with van der Waals surface area (Å²) in [5, 5.41) is 0. The molecule has 2 unspecified atom stereocenters. The van der Waals surface area contributed by atoms with Crippen LogP contribution in [-0.4, -0.2) is 44.4 Å². The number of hydrogen-bond donors (Lipinski definition) is 0. The molecule has 0 aromatic heterocycles. The molecule has 26 heavy (non-hydrogen) atoms. The minimum absolute atomic E-state index is 0.124. The monoisotopic (exact) mass is 372 g/mol. The Kier molecular flexibility index (Phi) is 4.20. The molecule has 0 N–H and O–H groups in total. The fourth-order valence-corrected chi connectivity index (χ4v) is 5.35. The van der Waals surface area contributed by atoms with Gasteiger partial charge in [-0.1, -0.05) is 42.5 Å². The molecule has 1 saturated heterocycles. The van der Waals surface area contributed by atoms with Gasteiger partial charge >= 0.3 is 0 Å². The summed E-state index contributed by atoms with van der Waals surface area (Å²) in [5.74, 6) is 0.259. The minimum atomic E-state index is -3.64. The van der Waals surface area contributed by atoms with Gasteiger partial charge in [0.2, 0.25) is 15.9 Å². The van der Waals surface area contributed by atoms with E-state index in [0.29, 0.717) is 23.4 Å². The van der Waals surface area contributed by atoms with E-state index in [1.165, 1.54) is 9.21 Å². The Morgan fingerprint density at radius 3 is 2.54 bits per heavy atom. The molecule has 136 valence electrons. The van der Waals surface area contributed by atoms with Crippen molar-refractivity contribution in [2.24, 2.45) is 0 Å². The summed E-state index contributed by atoms with van der Waals surface area (Å²) in [6, 6.07) is 15.6. The molecule has 4 rings (SSSR count). The van der Waals surface area contributed by atoms with Gasteiger partial charge in [0.25, 0.3) is 0 Å². The number of hydrogen-bond acceptors (Lipinski definition) is 4. The average molecular weight is 372 g/mol. The summed E-state index contributed by atoms with van der Waals surface area (Å²) < 4.78 is 33.3. The molecule has 2 aliphatic rings. The second-order valence-electron chi connectivity index (χ2n) is 6.67. The average Bonchev–Trinajstić information content (AvgIpc) is 3.06. The highest BCUT2D eigenvalue weighted by Crippen LogP contribution is 2.36. The first kappa shape index (κ1) is 17.1. The van der Waals surface area contributed by atoms with Crippen molar-refractivity contribution in [3.63, 3.8) is 0 Å². The number of fused-ring (bicyclic) bond motifs is 3. The van der Waals surface area contributed by atoms with Crippen LogP contribution in [0.5, 0.6) is 5.75 Å². The summed E-state index contributed by atoms with van der Waals surface area (Å²) in [6.45, 7) is 0.188. The lowest BCUT2D eigenvalue weighted by Crippen LogP contribution is -2.47. The summed E-state index contributed by atoms with van der Waals surface area (Å²) in [6.07, 6.45) is 0.0373. The third-order valence-electron chi connectivity index (χ3n) is 4.90. The molecule has 2 heterocycles. The molecule has 2 bridgehead atoms. The van der Waals surface area contributed by atoms with E-state index < -0.39 is 16.1 Å². The number of anilines is 1. The van der Waals surface area contributed by atoms with Gasteiger partial charge in [0.15, 0.2) is 0 Å². The predicted octanol–water partition coefficient (Wildman–Crippen LogP) is 2.01. The van der Waals surface area contributed by atoms with Crippen LogP contribution in [0.1, 0.15) is 12.0 Å². The Bertz CT molecular complexity index is 930. The van der Waals surface area contributed by atoms with E-state index in [1.54, 1.807) is 31.3 Å². The number of likely N-dealkylation sites (N-methyl/N-ethyl adjacent to an activating group) is 1. The second kappa shape index (κ2) is 6.41. The van der Waals surface area contributed by atoms with Crippen molar-refractivity contribution >= 4 is 21.6 Å². The molecule has 2 atom stereocenters. The summed E-state index contributed by atoms with van der Waals surface area (Å²) >= 11 is 0. The van der Waals surface area contributed by atoms with Crippen LogP contribution in [0, 0.1) is 0 Å². The molecule has 1 amide bonds. The maximum Gasteiger partial charge on any atom is 0.245 e. The number of carbonyl (C=O) groups is 1. The summed E-state index contributed by atoms with van der Waals surface area (Å²) in [5.41, 5.74) is 1.36. The molecule has 2 aromatic rings. The highest BCUT2D eigenvalue weighted by molar-refractivity contribution is 7.88. The van der Waals surface area contributed by atoms with Crippen molar-refractivity contribution < 1.29 is 17.9 Å². The highest BCUT2D eigenvalue weighted by atomic mass is 32.2. The number of amides is 1. The first-order valence-corrected chi connectivity index (χ1v) is 10.1. The van der Waals surface area contributed by atoms with Gasteiger partial charge in [-0.15, -0.1) is 0 Å². The molecule has 0 aliphatic carbocycles. The van der Waals surface area contributed by atoms with Crippen LogP contribution >= 0.6 is 0 Å². The van der Waals surface area contributed by atoms with E-state index in [1.807, 2.05) is 30.3 Å². The van der Waals surface area contributed by atoms with E-state index >= 15 is 0 Å². The molecule has 0 saturated carbocycles. The Labute approximate surface area is 153 Å². The molecular formula is C19H20N2O4S. The Hall–Kier alpha value is -2.38. The van der Waals surface area contributed by atoms with Gasteiger partial charge in [0.05, 0.1) is 18.0 Å². The Morgan fingerprint density at radius 2 is 1.77 bits per heavy atom. The third-order valence-corrected chi connectivity index (χ3v) is 6.72. The lowest BCUT2D eigenvalue weighted by molar-refractivity contribution is -0.121. The van der Waals surface area contributed by atoms with Gasteiger partial charge in [-0.3, -0.25) is 4.79 Å². The third kappa shape index (κ3) is 2.97. The van der Waals surface area contributed by atoms with Crippen molar-refractivity contribution in [3.05, 3.63) is 60.2 Å². The van der Waals surface area contributed by atoms with Gasteiger partial charge in [-0.2, -0.15) is 4.31 Å². The second-order valence-corrected chi connectivity index (χ2v) is 8.59. The predicted molar refractivity (Wildman–Crippen MR) is 98.4 cm³/mol. The van der Waals surface area contributed by atoms with Crippen LogP contribution in [0.15, 0.2) is 54.6 Å². The molecule has 0 spiro atoms. The van der Waals surface area contributed by atoms with Crippen molar-refractivity contribution in [3.8, 4) is 5.75 Å². The molecule has 1 fully saturated rings. The van der Waals surface area contributed by atoms with E-state index in [4.69, 9.17) is 4.74 Å². The number of nitrogens with zero attached hydrogens (tertiary/aromatic N) is 2. The number of para-hydroxylation sites is 2. The maximum absolute atomic E-state index is 13.0. The zero-order valence-corrected chi connectivity index (χ0v) is 15.2. The SMILES string of the molecule is CN1C(=O)C2CC(CN2S(=O)(=O)Cc2ccccc2)Oc2ccccc21. The molecule has 2 aliphatic heterocycles. The van der Waals surface area contributed by atoms with Crippen LogP contribution in [-0.2, 0) is 20.6 Å². The van der Waals surface area contributed by atoms with Crippen molar-refractivity contribution in [1.29, 1.82) is 0 Å². The van der Waals surface area contributed by atoms with Gasteiger partial charge in [-0.25, -0.2) is 8.42 Å². The topological polar surface area (TPSA) is 66.9 Å². The van der Waals surface area contributed by atoms with Gasteiger partial charge in [-0.05, 0) is 17.7 Å². The van der Waals surface area contributed by atoms with Crippen LogP contribution < -0.4 is 9.64 Å². The lowest BCUT2D eigenvalue weighted by Gasteiger charge is -2.28. The van der Waals surface area contributed by atoms with Gasteiger partial charge < -0.3 is 9.64 Å². The van der Waals surface area contributed by atoms with Gasteiger partial charge in [0.1, 0.15) is 17.9 Å². The highest BCUT2D eigenvalue weighted by Gasteiger charge is 2.47. The summed E-state index contributed by atoms with van der Waals surface area (Å²) in [7, 11) is -1.98. The lowest BCUT2D eigenvalue weighted by atomic mass is 10.1. The molecular weight excluding hydrogens is 352 g/mol. The van der Waals surface area contributed by atoms with Crippen LogP contribution in [0.2, 0.25) is 0 Å². The summed E-state index contributed by atoms with van der Waals surface area (Å²) in [4.78, 5) is 14.5. The zero-order valence-electron chi connectivity index (χ0n) is 14.4. The van der Waals surface area contributed by atoms with E-state index in [0.717, 1.165) is 0 Å². The van der Waals surface area contributed by atoms with Crippen molar-refractivity contribution in [2.45, 2.75) is 24.3 Å². The molecule has 2 aromatic carbocycles. The first-order chi connectivity index (χ1) is 12.5. The largest absolute Gasteiger partial charge is 0.487 e. The van der Waals surface area contributed by atoms with E-state index in [-0.39, 0.29) is 24.3 Å². The zero-order chi connectivity index (χ0) is 18.3. The number of rotatable bonds is 3. The number of ether oxygens (including phenoxy) is 1.